The van der Waals surface area contributed by atoms with Crippen molar-refractivity contribution < 1.29 is 10.2 Å². The lowest BCUT2D eigenvalue weighted by atomic mass is 10.1. The van der Waals surface area contributed by atoms with Gasteiger partial charge in [0.15, 0.2) is 0 Å². The van der Waals surface area contributed by atoms with Gasteiger partial charge < -0.3 is 15.1 Å². The average Bonchev–Trinajstić information content (AvgIpc) is 2.04. The lowest BCUT2D eigenvalue weighted by Gasteiger charge is -2.15. The number of nitrogens with zero attached hydrogens (tertiary/aromatic N) is 1. The van der Waals surface area contributed by atoms with Crippen molar-refractivity contribution in [3.05, 3.63) is 29.8 Å². The maximum Gasteiger partial charge on any atom is 0.115 e. The van der Waals surface area contributed by atoms with Crippen molar-refractivity contribution >= 4 is 0 Å². The maximum atomic E-state index is 9.66. The molecule has 0 aliphatic carbocycles. The van der Waals surface area contributed by atoms with E-state index in [1.165, 1.54) is 0 Å². The average molecular weight is 181 g/mol. The largest absolute Gasteiger partial charge is 0.508 e. The summed E-state index contributed by atoms with van der Waals surface area (Å²) in [6, 6.07) is 6.61. The topological polar surface area (TPSA) is 43.7 Å². The third-order valence-electron chi connectivity index (χ3n) is 1.82. The van der Waals surface area contributed by atoms with E-state index in [0.717, 1.165) is 5.56 Å². The van der Waals surface area contributed by atoms with Gasteiger partial charge >= 0.3 is 0 Å². The van der Waals surface area contributed by atoms with Crippen molar-refractivity contribution in [1.29, 1.82) is 0 Å². The number of aliphatic hydroxyl groups excluding tert-OH is 1. The Balaban J connectivity index is 2.66. The number of likely N-dealkylation sites (N-methyl/N-ethyl adjacent to an activating group) is 1. The van der Waals surface area contributed by atoms with Crippen LogP contribution in [0.3, 0.4) is 0 Å². The summed E-state index contributed by atoms with van der Waals surface area (Å²) >= 11 is 0. The number of hydrogen-bond donors (Lipinski definition) is 2. The number of aromatic hydroxyl groups is 1. The summed E-state index contributed by atoms with van der Waals surface area (Å²) in [5.74, 6) is 0.223. The van der Waals surface area contributed by atoms with Gasteiger partial charge in [0.2, 0.25) is 0 Å². The molecule has 0 heterocycles. The zero-order chi connectivity index (χ0) is 9.84. The monoisotopic (exact) mass is 181 g/mol. The first-order valence-electron chi connectivity index (χ1n) is 4.21. The molecule has 0 bridgehead atoms. The molecule has 3 heteroatoms. The van der Waals surface area contributed by atoms with E-state index in [0.29, 0.717) is 6.54 Å². The smallest absolute Gasteiger partial charge is 0.115 e. The Kier molecular flexibility index (Phi) is 3.28. The molecule has 3 nitrogen and oxygen atoms in total. The number of benzene rings is 1. The van der Waals surface area contributed by atoms with E-state index in [2.05, 4.69) is 0 Å². The number of hydrogen-bond acceptors (Lipinski definition) is 3. The fraction of sp³-hybridized carbons (Fsp3) is 0.400. The molecule has 0 radical (unpaired) electrons. The summed E-state index contributed by atoms with van der Waals surface area (Å²) in [5.41, 5.74) is 0.825. The van der Waals surface area contributed by atoms with Gasteiger partial charge in [-0.2, -0.15) is 0 Å². The van der Waals surface area contributed by atoms with Crippen LogP contribution >= 0.6 is 0 Å². The van der Waals surface area contributed by atoms with Crippen molar-refractivity contribution in [2.45, 2.75) is 6.10 Å². The number of phenolic OH excluding ortho intramolecular Hbond substituents is 1. The summed E-state index contributed by atoms with van der Waals surface area (Å²) in [7, 11) is 3.81. The van der Waals surface area contributed by atoms with Crippen LogP contribution in [0.1, 0.15) is 11.7 Å². The third kappa shape index (κ3) is 3.05. The molecule has 0 aliphatic heterocycles. The normalized spacial score (nSPS) is 13.2. The molecule has 1 rings (SSSR count). The Bertz CT molecular complexity index is 256. The highest BCUT2D eigenvalue weighted by atomic mass is 16.3. The quantitative estimate of drug-likeness (QED) is 0.730. The van der Waals surface area contributed by atoms with Gasteiger partial charge in [-0.1, -0.05) is 12.1 Å². The lowest BCUT2D eigenvalue weighted by Crippen LogP contribution is -2.19. The van der Waals surface area contributed by atoms with E-state index < -0.39 is 6.10 Å². The molecule has 0 spiro atoms. The molecule has 0 saturated carbocycles. The van der Waals surface area contributed by atoms with Crippen LogP contribution < -0.4 is 0 Å². The molecule has 13 heavy (non-hydrogen) atoms. The molecule has 72 valence electrons. The minimum absolute atomic E-state index is 0.223. The first-order chi connectivity index (χ1) is 6.09. The molecule has 1 unspecified atom stereocenters. The molecule has 1 atom stereocenters. The molecular weight excluding hydrogens is 166 g/mol. The minimum Gasteiger partial charge on any atom is -0.508 e. The van der Waals surface area contributed by atoms with Crippen molar-refractivity contribution in [3.8, 4) is 5.75 Å². The van der Waals surface area contributed by atoms with Gasteiger partial charge in [-0.05, 0) is 31.8 Å². The van der Waals surface area contributed by atoms with Gasteiger partial charge in [-0.25, -0.2) is 0 Å². The first-order valence-corrected chi connectivity index (χ1v) is 4.21. The van der Waals surface area contributed by atoms with E-state index in [1.54, 1.807) is 24.3 Å². The first kappa shape index (κ1) is 10.0. The Morgan fingerprint density at radius 1 is 1.23 bits per heavy atom. The van der Waals surface area contributed by atoms with Crippen LogP contribution in [0, 0.1) is 0 Å². The molecule has 0 aromatic heterocycles. The van der Waals surface area contributed by atoms with Gasteiger partial charge in [0, 0.05) is 6.54 Å². The fourth-order valence-electron chi connectivity index (χ4n) is 1.15. The summed E-state index contributed by atoms with van der Waals surface area (Å²) in [5, 5.41) is 18.7. The Hall–Kier alpha value is -1.06. The molecular formula is C10H15NO2. The van der Waals surface area contributed by atoms with E-state index in [4.69, 9.17) is 5.11 Å². The molecule has 0 fully saturated rings. The molecule has 2 N–H and O–H groups in total. The lowest BCUT2D eigenvalue weighted by molar-refractivity contribution is 0.138. The Labute approximate surface area is 78.2 Å². The highest BCUT2D eigenvalue weighted by molar-refractivity contribution is 5.27. The van der Waals surface area contributed by atoms with Crippen LogP contribution in [0.4, 0.5) is 0 Å². The summed E-state index contributed by atoms with van der Waals surface area (Å²) < 4.78 is 0. The van der Waals surface area contributed by atoms with Crippen LogP contribution in [0.15, 0.2) is 24.3 Å². The number of phenols is 1. The SMILES string of the molecule is CN(C)CC(O)c1ccc(O)cc1. The number of rotatable bonds is 3. The van der Waals surface area contributed by atoms with E-state index in [-0.39, 0.29) is 5.75 Å². The third-order valence-corrected chi connectivity index (χ3v) is 1.82. The Morgan fingerprint density at radius 2 is 1.77 bits per heavy atom. The summed E-state index contributed by atoms with van der Waals surface area (Å²) in [6.07, 6.45) is -0.490. The van der Waals surface area contributed by atoms with Crippen LogP contribution in [0.25, 0.3) is 0 Å². The summed E-state index contributed by atoms with van der Waals surface area (Å²) in [6.45, 7) is 0.588. The van der Waals surface area contributed by atoms with E-state index >= 15 is 0 Å². The molecule has 0 aliphatic rings. The standard InChI is InChI=1S/C10H15NO2/c1-11(2)7-10(13)8-3-5-9(12)6-4-8/h3-6,10,12-13H,7H2,1-2H3. The minimum atomic E-state index is -0.490. The van der Waals surface area contributed by atoms with Crippen LogP contribution in [0.2, 0.25) is 0 Å². The Morgan fingerprint density at radius 3 is 2.23 bits per heavy atom. The number of aliphatic hydroxyl groups is 1. The van der Waals surface area contributed by atoms with E-state index in [1.807, 2.05) is 19.0 Å². The van der Waals surface area contributed by atoms with Crippen LogP contribution in [-0.4, -0.2) is 35.8 Å². The van der Waals surface area contributed by atoms with Gasteiger partial charge in [0.1, 0.15) is 5.75 Å². The fourth-order valence-corrected chi connectivity index (χ4v) is 1.15. The van der Waals surface area contributed by atoms with Crippen molar-refractivity contribution in [1.82, 2.24) is 4.90 Å². The molecule has 0 amide bonds. The van der Waals surface area contributed by atoms with Crippen LogP contribution in [0.5, 0.6) is 5.75 Å². The molecule has 1 aromatic carbocycles. The second-order valence-corrected chi connectivity index (χ2v) is 3.37. The highest BCUT2D eigenvalue weighted by Crippen LogP contribution is 2.16. The predicted octanol–water partition coefficient (Wildman–Crippen LogP) is 0.987. The zero-order valence-electron chi connectivity index (χ0n) is 7.94. The molecule has 0 saturated heterocycles. The zero-order valence-corrected chi connectivity index (χ0v) is 7.94. The van der Waals surface area contributed by atoms with Crippen molar-refractivity contribution in [3.63, 3.8) is 0 Å². The second-order valence-electron chi connectivity index (χ2n) is 3.37. The van der Waals surface area contributed by atoms with Gasteiger partial charge in [0.05, 0.1) is 6.10 Å². The van der Waals surface area contributed by atoms with Crippen molar-refractivity contribution in [2.75, 3.05) is 20.6 Å². The maximum absolute atomic E-state index is 9.66. The highest BCUT2D eigenvalue weighted by Gasteiger charge is 2.07. The van der Waals surface area contributed by atoms with Gasteiger partial charge in [-0.3, -0.25) is 0 Å². The van der Waals surface area contributed by atoms with Crippen molar-refractivity contribution in [2.24, 2.45) is 0 Å². The van der Waals surface area contributed by atoms with Gasteiger partial charge in [0.25, 0.3) is 0 Å². The summed E-state index contributed by atoms with van der Waals surface area (Å²) in [4.78, 5) is 1.91. The van der Waals surface area contributed by atoms with Crippen LogP contribution in [-0.2, 0) is 0 Å². The molecule has 1 aromatic rings. The second kappa shape index (κ2) is 4.25. The van der Waals surface area contributed by atoms with E-state index in [9.17, 15) is 5.11 Å². The van der Waals surface area contributed by atoms with Gasteiger partial charge in [-0.15, -0.1) is 0 Å². The predicted molar refractivity (Wildman–Crippen MR) is 51.6 cm³/mol.